The van der Waals surface area contributed by atoms with Crippen LogP contribution >= 0.6 is 0 Å². The second kappa shape index (κ2) is 9.53. The number of unbranched alkanes of at least 4 members (excludes halogenated alkanes) is 1. The smallest absolute Gasteiger partial charge is 0.134 e. The van der Waals surface area contributed by atoms with Crippen LogP contribution in [0, 0.1) is 0 Å². The molecule has 0 saturated heterocycles. The minimum Gasteiger partial charge on any atom is -0.385 e. The van der Waals surface area contributed by atoms with Crippen molar-refractivity contribution in [1.82, 2.24) is 9.97 Å². The van der Waals surface area contributed by atoms with Crippen LogP contribution in [-0.2, 0) is 4.74 Å². The van der Waals surface area contributed by atoms with Crippen LogP contribution in [0.3, 0.4) is 0 Å². The highest BCUT2D eigenvalue weighted by molar-refractivity contribution is 5.58. The van der Waals surface area contributed by atoms with Gasteiger partial charge in [-0.3, -0.25) is 0 Å². The third-order valence-electron chi connectivity index (χ3n) is 3.07. The van der Waals surface area contributed by atoms with Crippen LogP contribution in [-0.4, -0.2) is 36.8 Å². The Bertz CT molecular complexity index is 382. The lowest BCUT2D eigenvalue weighted by Crippen LogP contribution is -2.12. The number of nitrogens with zero attached hydrogens (tertiary/aromatic N) is 2. The van der Waals surface area contributed by atoms with E-state index in [9.17, 15) is 0 Å². The summed E-state index contributed by atoms with van der Waals surface area (Å²) in [6.07, 6.45) is 4.85. The maximum atomic E-state index is 5.06. The second-order valence-electron chi connectivity index (χ2n) is 5.19. The molecule has 114 valence electrons. The average molecular weight is 280 g/mol. The molecule has 1 aromatic heterocycles. The zero-order chi connectivity index (χ0) is 14.8. The van der Waals surface area contributed by atoms with Crippen molar-refractivity contribution in [2.24, 2.45) is 0 Å². The molecule has 20 heavy (non-hydrogen) atoms. The highest BCUT2D eigenvalue weighted by atomic mass is 16.5. The molecule has 0 aromatic carbocycles. The largest absolute Gasteiger partial charge is 0.385 e. The lowest BCUT2D eigenvalue weighted by atomic mass is 10.0. The summed E-state index contributed by atoms with van der Waals surface area (Å²) in [4.78, 5) is 8.77. The normalized spacial score (nSPS) is 10.8. The molecule has 0 aliphatic rings. The number of rotatable bonds is 10. The number of methoxy groups -OCH3 is 1. The fourth-order valence-corrected chi connectivity index (χ4v) is 2.05. The summed E-state index contributed by atoms with van der Waals surface area (Å²) >= 11 is 0. The Kier molecular flexibility index (Phi) is 7.95. The monoisotopic (exact) mass is 280 g/mol. The van der Waals surface area contributed by atoms with Gasteiger partial charge in [-0.05, 0) is 25.2 Å². The van der Waals surface area contributed by atoms with Crippen LogP contribution in [0.15, 0.2) is 6.33 Å². The van der Waals surface area contributed by atoms with E-state index >= 15 is 0 Å². The van der Waals surface area contributed by atoms with Crippen molar-refractivity contribution in [1.29, 1.82) is 0 Å². The molecular formula is C15H28N4O. The first-order valence-electron chi connectivity index (χ1n) is 7.52. The summed E-state index contributed by atoms with van der Waals surface area (Å²) in [5.41, 5.74) is 1.17. The topological polar surface area (TPSA) is 59.1 Å². The number of hydrogen-bond acceptors (Lipinski definition) is 5. The van der Waals surface area contributed by atoms with Crippen LogP contribution in [0.4, 0.5) is 11.6 Å². The highest BCUT2D eigenvalue weighted by Crippen LogP contribution is 2.28. The molecule has 0 aliphatic heterocycles. The summed E-state index contributed by atoms with van der Waals surface area (Å²) in [6.45, 7) is 9.15. The molecule has 0 radical (unpaired) electrons. The van der Waals surface area contributed by atoms with Crippen LogP contribution < -0.4 is 10.6 Å². The van der Waals surface area contributed by atoms with Gasteiger partial charge in [-0.2, -0.15) is 0 Å². The van der Waals surface area contributed by atoms with Crippen molar-refractivity contribution in [3.63, 3.8) is 0 Å². The zero-order valence-corrected chi connectivity index (χ0v) is 13.2. The van der Waals surface area contributed by atoms with Crippen molar-refractivity contribution in [2.45, 2.75) is 46.0 Å². The molecule has 0 aliphatic carbocycles. The first-order chi connectivity index (χ1) is 9.70. The molecule has 1 rings (SSSR count). The number of aromatic nitrogens is 2. The van der Waals surface area contributed by atoms with E-state index in [1.54, 1.807) is 13.4 Å². The van der Waals surface area contributed by atoms with E-state index in [0.717, 1.165) is 50.6 Å². The second-order valence-corrected chi connectivity index (χ2v) is 5.19. The first kappa shape index (κ1) is 16.7. The molecule has 0 spiro atoms. The average Bonchev–Trinajstić information content (AvgIpc) is 2.44. The number of hydrogen-bond donors (Lipinski definition) is 2. The minimum atomic E-state index is 0.386. The van der Waals surface area contributed by atoms with Gasteiger partial charge in [0.15, 0.2) is 0 Å². The van der Waals surface area contributed by atoms with Gasteiger partial charge in [0.2, 0.25) is 0 Å². The Balaban J connectivity index is 2.68. The quantitative estimate of drug-likeness (QED) is 0.644. The number of anilines is 2. The lowest BCUT2D eigenvalue weighted by molar-refractivity contribution is 0.194. The third-order valence-corrected chi connectivity index (χ3v) is 3.07. The van der Waals surface area contributed by atoms with Crippen molar-refractivity contribution in [3.8, 4) is 0 Å². The maximum Gasteiger partial charge on any atom is 0.134 e. The van der Waals surface area contributed by atoms with Gasteiger partial charge >= 0.3 is 0 Å². The molecule has 0 fully saturated rings. The van der Waals surface area contributed by atoms with E-state index < -0.39 is 0 Å². The summed E-state index contributed by atoms with van der Waals surface area (Å²) in [7, 11) is 1.74. The minimum absolute atomic E-state index is 0.386. The summed E-state index contributed by atoms with van der Waals surface area (Å²) < 4.78 is 5.06. The number of nitrogens with one attached hydrogen (secondary N) is 2. The van der Waals surface area contributed by atoms with Crippen molar-refractivity contribution >= 4 is 11.6 Å². The molecule has 0 amide bonds. The van der Waals surface area contributed by atoms with Gasteiger partial charge in [0, 0.05) is 32.4 Å². The van der Waals surface area contributed by atoms with E-state index in [4.69, 9.17) is 4.74 Å². The molecule has 5 heteroatoms. The fraction of sp³-hybridized carbons (Fsp3) is 0.733. The Morgan fingerprint density at radius 1 is 1.10 bits per heavy atom. The Hall–Kier alpha value is -1.36. The van der Waals surface area contributed by atoms with E-state index in [0.29, 0.717) is 5.92 Å². The molecule has 0 bridgehead atoms. The van der Waals surface area contributed by atoms with Crippen LogP contribution in [0.1, 0.15) is 51.5 Å². The predicted molar refractivity (Wildman–Crippen MR) is 84.5 cm³/mol. The van der Waals surface area contributed by atoms with Crippen LogP contribution in [0.2, 0.25) is 0 Å². The predicted octanol–water partition coefficient (Wildman–Crippen LogP) is 3.26. The van der Waals surface area contributed by atoms with Crippen LogP contribution in [0.5, 0.6) is 0 Å². The Morgan fingerprint density at radius 2 is 1.75 bits per heavy atom. The summed E-state index contributed by atoms with van der Waals surface area (Å²) in [5.74, 6) is 2.29. The summed E-state index contributed by atoms with van der Waals surface area (Å²) in [6, 6.07) is 0. The van der Waals surface area contributed by atoms with Gasteiger partial charge in [0.1, 0.15) is 18.0 Å². The zero-order valence-electron chi connectivity index (χ0n) is 13.2. The standard InChI is InChI=1S/C15H28N4O/c1-5-8-16-14-13(12(2)3)15(19-11-18-14)17-9-6-7-10-20-4/h11-12H,5-10H2,1-4H3,(H2,16,17,18,19). The molecule has 2 N–H and O–H groups in total. The van der Waals surface area contributed by atoms with Gasteiger partial charge in [0.25, 0.3) is 0 Å². The van der Waals surface area contributed by atoms with Gasteiger partial charge in [-0.25, -0.2) is 9.97 Å². The van der Waals surface area contributed by atoms with Gasteiger partial charge in [-0.1, -0.05) is 20.8 Å². The fourth-order valence-electron chi connectivity index (χ4n) is 2.05. The molecule has 0 atom stereocenters. The first-order valence-corrected chi connectivity index (χ1v) is 7.52. The van der Waals surface area contributed by atoms with E-state index in [2.05, 4.69) is 41.4 Å². The van der Waals surface area contributed by atoms with Crippen molar-refractivity contribution in [2.75, 3.05) is 37.4 Å². The van der Waals surface area contributed by atoms with Gasteiger partial charge in [0.05, 0.1) is 0 Å². The highest BCUT2D eigenvalue weighted by Gasteiger charge is 2.14. The SMILES string of the molecule is CCCNc1ncnc(NCCCCOC)c1C(C)C. The molecular weight excluding hydrogens is 252 g/mol. The van der Waals surface area contributed by atoms with Crippen molar-refractivity contribution < 1.29 is 4.74 Å². The Labute approximate surface area is 122 Å². The molecule has 0 saturated carbocycles. The molecule has 5 nitrogen and oxygen atoms in total. The van der Waals surface area contributed by atoms with Gasteiger partial charge < -0.3 is 15.4 Å². The van der Waals surface area contributed by atoms with E-state index in [-0.39, 0.29) is 0 Å². The van der Waals surface area contributed by atoms with Crippen LogP contribution in [0.25, 0.3) is 0 Å². The van der Waals surface area contributed by atoms with E-state index in [1.807, 2.05) is 0 Å². The Morgan fingerprint density at radius 3 is 2.30 bits per heavy atom. The molecule has 1 heterocycles. The number of ether oxygens (including phenoxy) is 1. The lowest BCUT2D eigenvalue weighted by Gasteiger charge is -2.17. The molecule has 1 aromatic rings. The van der Waals surface area contributed by atoms with E-state index in [1.165, 1.54) is 5.56 Å². The van der Waals surface area contributed by atoms with Crippen molar-refractivity contribution in [3.05, 3.63) is 11.9 Å². The van der Waals surface area contributed by atoms with Gasteiger partial charge in [-0.15, -0.1) is 0 Å². The molecule has 0 unspecified atom stereocenters. The maximum absolute atomic E-state index is 5.06. The summed E-state index contributed by atoms with van der Waals surface area (Å²) in [5, 5.41) is 6.81. The third kappa shape index (κ3) is 5.33.